The quantitative estimate of drug-likeness (QED) is 0.426. The van der Waals surface area contributed by atoms with Crippen LogP contribution in [-0.4, -0.2) is 6.26 Å². The molecule has 0 aliphatic heterocycles. The summed E-state index contributed by atoms with van der Waals surface area (Å²) in [6, 6.07) is 9.46. The summed E-state index contributed by atoms with van der Waals surface area (Å²) in [7, 11) is -1.15. The Balaban J connectivity index is 2.98. The van der Waals surface area contributed by atoms with Crippen molar-refractivity contribution in [3.63, 3.8) is 0 Å². The molecule has 2 heteroatoms. The molecule has 1 unspecified atom stereocenters. The molecule has 0 aromatic heterocycles. The molecule has 0 aliphatic carbocycles. The first-order valence-corrected chi connectivity index (χ1v) is 4.47. The summed E-state index contributed by atoms with van der Waals surface area (Å²) in [5.41, 5.74) is 0. The van der Waals surface area contributed by atoms with E-state index in [4.69, 9.17) is 0 Å². The number of hydrogen-bond acceptors (Lipinski definition) is 1. The van der Waals surface area contributed by atoms with Crippen LogP contribution in [0.15, 0.2) is 35.2 Å². The number of thiol groups is 1. The maximum absolute atomic E-state index is 10.8. The Bertz CT molecular complexity index is 205. The highest BCUT2D eigenvalue weighted by molar-refractivity contribution is 7.84. The molecule has 48 valence electrons. The van der Waals surface area contributed by atoms with Crippen LogP contribution in [0.1, 0.15) is 0 Å². The first-order valence-electron chi connectivity index (χ1n) is 2.76. The van der Waals surface area contributed by atoms with Crippen molar-refractivity contribution in [2.45, 2.75) is 4.90 Å². The third kappa shape index (κ3) is 1.64. The largest absolute Gasteiger partial charge is 0.155 e. The van der Waals surface area contributed by atoms with Gasteiger partial charge < -0.3 is 0 Å². The van der Waals surface area contributed by atoms with Gasteiger partial charge in [0.2, 0.25) is 0 Å². The van der Waals surface area contributed by atoms with Gasteiger partial charge in [0.1, 0.15) is 17.1 Å². The van der Waals surface area contributed by atoms with Crippen molar-refractivity contribution in [1.82, 2.24) is 0 Å². The molecule has 0 saturated carbocycles. The van der Waals surface area contributed by atoms with Gasteiger partial charge in [-0.1, -0.05) is 18.2 Å². The molecule has 1 nitrogen and oxygen atoms in total. The standard InChI is InChI=1S/C7H8OS/c1-9(8)7-5-3-2-4-6-7/h2-6H,1H3/p+1. The van der Waals surface area contributed by atoms with E-state index in [0.717, 1.165) is 4.90 Å². The third-order valence-corrected chi connectivity index (χ3v) is 2.15. The first-order chi connectivity index (χ1) is 4.30. The zero-order chi connectivity index (χ0) is 6.69. The second-order valence-corrected chi connectivity index (χ2v) is 3.34. The second kappa shape index (κ2) is 2.78. The average Bonchev–Trinajstić information content (AvgIpc) is 1.90. The van der Waals surface area contributed by atoms with Crippen LogP contribution in [0.25, 0.3) is 0 Å². The molecule has 0 heterocycles. The van der Waals surface area contributed by atoms with E-state index in [-0.39, 0.29) is 0 Å². The Hall–Kier alpha value is -0.630. The molecule has 0 bridgehead atoms. The van der Waals surface area contributed by atoms with Crippen LogP contribution < -0.4 is 0 Å². The van der Waals surface area contributed by atoms with E-state index in [1.165, 1.54) is 0 Å². The van der Waals surface area contributed by atoms with Gasteiger partial charge in [-0.05, 0) is 12.1 Å². The maximum Gasteiger partial charge on any atom is 0.155 e. The molecule has 0 N–H and O–H groups in total. The van der Waals surface area contributed by atoms with E-state index in [1.807, 2.05) is 30.3 Å². The summed E-state index contributed by atoms with van der Waals surface area (Å²) >= 11 is 0. The van der Waals surface area contributed by atoms with Crippen molar-refractivity contribution in [3.05, 3.63) is 30.3 Å². The number of benzene rings is 1. The van der Waals surface area contributed by atoms with E-state index in [1.54, 1.807) is 6.26 Å². The van der Waals surface area contributed by atoms with Crippen molar-refractivity contribution < 1.29 is 4.21 Å². The summed E-state index contributed by atoms with van der Waals surface area (Å²) in [5.74, 6) is 0. The van der Waals surface area contributed by atoms with E-state index in [0.29, 0.717) is 0 Å². The van der Waals surface area contributed by atoms with Gasteiger partial charge in [0.05, 0.1) is 0 Å². The fourth-order valence-electron chi connectivity index (χ4n) is 0.638. The zero-order valence-electron chi connectivity index (χ0n) is 5.24. The Labute approximate surface area is 57.2 Å². The molecule has 0 saturated heterocycles. The van der Waals surface area contributed by atoms with E-state index >= 15 is 0 Å². The van der Waals surface area contributed by atoms with Crippen LogP contribution in [0, 0.1) is 0 Å². The van der Waals surface area contributed by atoms with E-state index in [2.05, 4.69) is 0 Å². The molecule has 9 heavy (non-hydrogen) atoms. The lowest BCUT2D eigenvalue weighted by atomic mass is 10.4. The molecular formula is C7H9OS+. The first kappa shape index (κ1) is 6.49. The SMILES string of the molecule is C[SH+](=O)c1ccccc1. The van der Waals surface area contributed by atoms with Crippen molar-refractivity contribution in [3.8, 4) is 0 Å². The van der Waals surface area contributed by atoms with Crippen LogP contribution >= 0.6 is 0 Å². The predicted octanol–water partition coefficient (Wildman–Crippen LogP) is 1.37. The maximum atomic E-state index is 10.8. The molecule has 1 atom stereocenters. The van der Waals surface area contributed by atoms with E-state index in [9.17, 15) is 4.21 Å². The van der Waals surface area contributed by atoms with Gasteiger partial charge in [-0.15, -0.1) is 4.21 Å². The normalized spacial score (nSPS) is 13.0. The van der Waals surface area contributed by atoms with Gasteiger partial charge in [0.25, 0.3) is 0 Å². The molecule has 0 radical (unpaired) electrons. The summed E-state index contributed by atoms with van der Waals surface area (Å²) in [5, 5.41) is 0. The van der Waals surface area contributed by atoms with Crippen molar-refractivity contribution >= 4 is 10.8 Å². The third-order valence-electron chi connectivity index (χ3n) is 1.12. The molecule has 0 aliphatic rings. The van der Waals surface area contributed by atoms with Gasteiger partial charge in [0, 0.05) is 0 Å². The fraction of sp³-hybridized carbons (Fsp3) is 0.143. The molecule has 0 spiro atoms. The molecular weight excluding hydrogens is 132 g/mol. The lowest BCUT2D eigenvalue weighted by molar-refractivity contribution is 0.598. The van der Waals surface area contributed by atoms with Crippen LogP contribution in [0.4, 0.5) is 0 Å². The highest BCUT2D eigenvalue weighted by Gasteiger charge is 1.97. The summed E-state index contributed by atoms with van der Waals surface area (Å²) in [4.78, 5) is 0.924. The molecule has 1 aromatic carbocycles. The van der Waals surface area contributed by atoms with Gasteiger partial charge in [0.15, 0.2) is 4.90 Å². The van der Waals surface area contributed by atoms with Crippen LogP contribution in [0.2, 0.25) is 0 Å². The smallest absolute Gasteiger partial charge is 0.102 e. The minimum Gasteiger partial charge on any atom is -0.102 e. The lowest BCUT2D eigenvalue weighted by Crippen LogP contribution is -1.82. The van der Waals surface area contributed by atoms with Crippen LogP contribution in [-0.2, 0) is 15.0 Å². The molecule has 0 amide bonds. The summed E-state index contributed by atoms with van der Waals surface area (Å²) < 4.78 is 10.8. The Kier molecular flexibility index (Phi) is 2.01. The number of rotatable bonds is 1. The number of hydrogen-bond donors (Lipinski definition) is 0. The highest BCUT2D eigenvalue weighted by atomic mass is 32.2. The second-order valence-electron chi connectivity index (χ2n) is 1.83. The van der Waals surface area contributed by atoms with Gasteiger partial charge >= 0.3 is 0 Å². The summed E-state index contributed by atoms with van der Waals surface area (Å²) in [6.45, 7) is 0. The van der Waals surface area contributed by atoms with Gasteiger partial charge in [-0.3, -0.25) is 0 Å². The highest BCUT2D eigenvalue weighted by Crippen LogP contribution is 2.01. The minimum absolute atomic E-state index is 0.924. The molecule has 1 rings (SSSR count). The molecule has 0 fully saturated rings. The monoisotopic (exact) mass is 141 g/mol. The Morgan fingerprint density at radius 1 is 1.22 bits per heavy atom. The van der Waals surface area contributed by atoms with Gasteiger partial charge in [-0.25, -0.2) is 0 Å². The molecule has 1 aromatic rings. The van der Waals surface area contributed by atoms with Crippen molar-refractivity contribution in [1.29, 1.82) is 0 Å². The summed E-state index contributed by atoms with van der Waals surface area (Å²) in [6.07, 6.45) is 1.71. The van der Waals surface area contributed by atoms with Crippen molar-refractivity contribution in [2.75, 3.05) is 6.26 Å². The van der Waals surface area contributed by atoms with Crippen LogP contribution in [0.5, 0.6) is 0 Å². The average molecular weight is 141 g/mol. The van der Waals surface area contributed by atoms with Crippen LogP contribution in [0.3, 0.4) is 0 Å². The lowest BCUT2D eigenvalue weighted by Gasteiger charge is -1.84. The topological polar surface area (TPSA) is 17.1 Å². The van der Waals surface area contributed by atoms with Gasteiger partial charge in [-0.2, -0.15) is 0 Å². The van der Waals surface area contributed by atoms with Crippen molar-refractivity contribution in [2.24, 2.45) is 0 Å². The van der Waals surface area contributed by atoms with E-state index < -0.39 is 10.8 Å². The Morgan fingerprint density at radius 3 is 2.11 bits per heavy atom. The predicted molar refractivity (Wildman–Crippen MR) is 40.1 cm³/mol. The fourth-order valence-corrected chi connectivity index (χ4v) is 1.23. The Morgan fingerprint density at radius 2 is 1.78 bits per heavy atom. The minimum atomic E-state index is -1.15. The zero-order valence-corrected chi connectivity index (χ0v) is 6.14.